The van der Waals surface area contributed by atoms with Gasteiger partial charge in [0.25, 0.3) is 0 Å². The van der Waals surface area contributed by atoms with E-state index in [0.717, 1.165) is 32.4 Å². The third kappa shape index (κ3) is 9.09. The molecule has 0 aliphatic rings. The highest BCUT2D eigenvalue weighted by molar-refractivity contribution is 4.61. The second kappa shape index (κ2) is 11.3. The summed E-state index contributed by atoms with van der Waals surface area (Å²) in [5, 5.41) is 18.3. The molecule has 0 fully saturated rings. The molecule has 0 radical (unpaired) electrons. The van der Waals surface area contributed by atoms with Crippen molar-refractivity contribution in [3.63, 3.8) is 0 Å². The summed E-state index contributed by atoms with van der Waals surface area (Å²) in [6.45, 7) is 8.13. The maximum Gasteiger partial charge on any atom is 0.0900 e. The molecule has 1 unspecified atom stereocenters. The Bertz CT molecular complexity index is 140. The van der Waals surface area contributed by atoms with Gasteiger partial charge in [0.05, 0.1) is 12.7 Å². The fourth-order valence-corrected chi connectivity index (χ4v) is 1.54. The Hall–Kier alpha value is -0.160. The topological polar surface area (TPSA) is 52.9 Å². The normalized spacial score (nSPS) is 13.3. The van der Waals surface area contributed by atoms with Gasteiger partial charge in [0.15, 0.2) is 0 Å². The van der Waals surface area contributed by atoms with Crippen LogP contribution in [-0.2, 0) is 4.74 Å². The highest BCUT2D eigenvalue weighted by Gasteiger charge is 2.08. The first-order valence-electron chi connectivity index (χ1n) is 6.33. The van der Waals surface area contributed by atoms with Crippen LogP contribution in [0.1, 0.15) is 33.1 Å². The first-order chi connectivity index (χ1) is 7.74. The SMILES string of the molecule is CCN(CC)CC(O)COCCCCCO. The molecule has 98 valence electrons. The van der Waals surface area contributed by atoms with E-state index in [0.29, 0.717) is 19.8 Å². The van der Waals surface area contributed by atoms with Crippen molar-refractivity contribution < 1.29 is 14.9 Å². The fraction of sp³-hybridized carbons (Fsp3) is 1.00. The van der Waals surface area contributed by atoms with E-state index < -0.39 is 6.10 Å². The number of aliphatic hydroxyl groups is 2. The van der Waals surface area contributed by atoms with Gasteiger partial charge in [-0.15, -0.1) is 0 Å². The fourth-order valence-electron chi connectivity index (χ4n) is 1.54. The third-order valence-electron chi connectivity index (χ3n) is 2.62. The lowest BCUT2D eigenvalue weighted by molar-refractivity contribution is 0.0169. The quantitative estimate of drug-likeness (QED) is 0.520. The van der Waals surface area contributed by atoms with Crippen LogP contribution in [0.25, 0.3) is 0 Å². The van der Waals surface area contributed by atoms with Gasteiger partial charge in [-0.2, -0.15) is 0 Å². The molecule has 0 aromatic heterocycles. The Morgan fingerprint density at radius 1 is 1.12 bits per heavy atom. The van der Waals surface area contributed by atoms with Gasteiger partial charge >= 0.3 is 0 Å². The van der Waals surface area contributed by atoms with E-state index in [1.165, 1.54) is 0 Å². The van der Waals surface area contributed by atoms with Crippen molar-refractivity contribution >= 4 is 0 Å². The summed E-state index contributed by atoms with van der Waals surface area (Å²) in [6.07, 6.45) is 2.39. The first-order valence-corrected chi connectivity index (χ1v) is 6.33. The van der Waals surface area contributed by atoms with E-state index in [1.807, 2.05) is 0 Å². The summed E-state index contributed by atoms with van der Waals surface area (Å²) >= 11 is 0. The van der Waals surface area contributed by atoms with E-state index in [4.69, 9.17) is 9.84 Å². The average molecular weight is 233 g/mol. The average Bonchev–Trinajstić information content (AvgIpc) is 2.30. The van der Waals surface area contributed by atoms with Crippen LogP contribution in [0, 0.1) is 0 Å². The maximum absolute atomic E-state index is 9.68. The van der Waals surface area contributed by atoms with Gasteiger partial charge in [-0.1, -0.05) is 13.8 Å². The second-order valence-corrected chi connectivity index (χ2v) is 4.00. The smallest absolute Gasteiger partial charge is 0.0900 e. The van der Waals surface area contributed by atoms with Crippen LogP contribution in [0.4, 0.5) is 0 Å². The maximum atomic E-state index is 9.68. The predicted octanol–water partition coefficient (Wildman–Crippen LogP) is 0.868. The molecular weight excluding hydrogens is 206 g/mol. The molecule has 0 aliphatic heterocycles. The Balaban J connectivity index is 3.32. The molecule has 0 aromatic carbocycles. The molecule has 0 saturated heterocycles. The van der Waals surface area contributed by atoms with Crippen molar-refractivity contribution in [2.45, 2.75) is 39.2 Å². The highest BCUT2D eigenvalue weighted by Crippen LogP contribution is 1.97. The molecule has 0 amide bonds. The molecule has 2 N–H and O–H groups in total. The summed E-state index contributed by atoms with van der Waals surface area (Å²) in [5.41, 5.74) is 0. The molecule has 16 heavy (non-hydrogen) atoms. The number of unbranched alkanes of at least 4 members (excludes halogenated alkanes) is 2. The van der Waals surface area contributed by atoms with Crippen LogP contribution in [0.2, 0.25) is 0 Å². The number of likely N-dealkylation sites (N-methyl/N-ethyl adjacent to an activating group) is 1. The molecule has 1 atom stereocenters. The number of nitrogens with zero attached hydrogens (tertiary/aromatic N) is 1. The van der Waals surface area contributed by atoms with Crippen molar-refractivity contribution in [2.24, 2.45) is 0 Å². The standard InChI is InChI=1S/C12H27NO3/c1-3-13(4-2)10-12(15)11-16-9-7-5-6-8-14/h12,14-15H,3-11H2,1-2H3. The molecule has 0 rings (SSSR count). The lowest BCUT2D eigenvalue weighted by Crippen LogP contribution is -2.34. The predicted molar refractivity (Wildman–Crippen MR) is 65.6 cm³/mol. The minimum absolute atomic E-state index is 0.255. The first kappa shape index (κ1) is 15.8. The number of hydrogen-bond donors (Lipinski definition) is 2. The van der Waals surface area contributed by atoms with E-state index in [-0.39, 0.29) is 6.61 Å². The van der Waals surface area contributed by atoms with E-state index in [2.05, 4.69) is 18.7 Å². The number of aliphatic hydroxyl groups excluding tert-OH is 2. The lowest BCUT2D eigenvalue weighted by atomic mass is 10.2. The van der Waals surface area contributed by atoms with Crippen LogP contribution >= 0.6 is 0 Å². The van der Waals surface area contributed by atoms with Crippen LogP contribution in [0.15, 0.2) is 0 Å². The summed E-state index contributed by atoms with van der Waals surface area (Å²) in [7, 11) is 0. The van der Waals surface area contributed by atoms with Gasteiger partial charge in [0.2, 0.25) is 0 Å². The summed E-state index contributed by atoms with van der Waals surface area (Å²) in [4.78, 5) is 2.18. The van der Waals surface area contributed by atoms with Crippen molar-refractivity contribution in [3.05, 3.63) is 0 Å². The molecule has 0 aliphatic carbocycles. The lowest BCUT2D eigenvalue weighted by Gasteiger charge is -2.21. The van der Waals surface area contributed by atoms with Gasteiger partial charge in [-0.25, -0.2) is 0 Å². The summed E-state index contributed by atoms with van der Waals surface area (Å²) < 4.78 is 5.37. The Kier molecular flexibility index (Phi) is 11.2. The van der Waals surface area contributed by atoms with Crippen molar-refractivity contribution in [1.29, 1.82) is 0 Å². The molecular formula is C12H27NO3. The summed E-state index contributed by atoms with van der Waals surface area (Å²) in [5.74, 6) is 0. The van der Waals surface area contributed by atoms with Gasteiger partial charge in [-0.05, 0) is 32.4 Å². The van der Waals surface area contributed by atoms with Crippen molar-refractivity contribution in [3.8, 4) is 0 Å². The molecule has 0 bridgehead atoms. The van der Waals surface area contributed by atoms with Gasteiger partial charge in [-0.3, -0.25) is 0 Å². The monoisotopic (exact) mass is 233 g/mol. The molecule has 0 spiro atoms. The number of hydrogen-bond acceptors (Lipinski definition) is 4. The zero-order chi connectivity index (χ0) is 12.2. The van der Waals surface area contributed by atoms with E-state index in [9.17, 15) is 5.11 Å². The molecule has 4 nitrogen and oxygen atoms in total. The molecule has 0 aromatic rings. The number of rotatable bonds is 11. The highest BCUT2D eigenvalue weighted by atomic mass is 16.5. The Morgan fingerprint density at radius 2 is 1.81 bits per heavy atom. The summed E-state index contributed by atoms with van der Waals surface area (Å²) in [6, 6.07) is 0. The van der Waals surface area contributed by atoms with Crippen LogP contribution in [-0.4, -0.2) is 60.7 Å². The molecule has 4 heteroatoms. The zero-order valence-corrected chi connectivity index (χ0v) is 10.7. The third-order valence-corrected chi connectivity index (χ3v) is 2.62. The largest absolute Gasteiger partial charge is 0.396 e. The van der Waals surface area contributed by atoms with Crippen molar-refractivity contribution in [1.82, 2.24) is 4.90 Å². The van der Waals surface area contributed by atoms with Crippen LogP contribution in [0.5, 0.6) is 0 Å². The Labute approximate surface area is 99.2 Å². The zero-order valence-electron chi connectivity index (χ0n) is 10.7. The number of ether oxygens (including phenoxy) is 1. The minimum atomic E-state index is -0.391. The van der Waals surface area contributed by atoms with Gasteiger partial charge in [0, 0.05) is 19.8 Å². The van der Waals surface area contributed by atoms with Crippen LogP contribution < -0.4 is 0 Å². The Morgan fingerprint density at radius 3 is 2.38 bits per heavy atom. The van der Waals surface area contributed by atoms with Crippen LogP contribution in [0.3, 0.4) is 0 Å². The van der Waals surface area contributed by atoms with Gasteiger partial charge in [0.1, 0.15) is 0 Å². The van der Waals surface area contributed by atoms with Gasteiger partial charge < -0.3 is 19.8 Å². The van der Waals surface area contributed by atoms with E-state index in [1.54, 1.807) is 0 Å². The molecule has 0 heterocycles. The second-order valence-electron chi connectivity index (χ2n) is 4.00. The van der Waals surface area contributed by atoms with E-state index >= 15 is 0 Å². The molecule has 0 saturated carbocycles. The van der Waals surface area contributed by atoms with Crippen molar-refractivity contribution in [2.75, 3.05) is 39.5 Å². The minimum Gasteiger partial charge on any atom is -0.396 e.